The molecule has 0 aliphatic heterocycles. The predicted molar refractivity (Wildman–Crippen MR) is 239 cm³/mol. The SMILES string of the molecule is c1ccc(N(c2ccc(-c3ccc(-n4c5ccccc5c5cc6ccccc6cc54)cc3)cc2)c2ccc(-c3cc4ccccc4c4ccccc34)cc2)cc1. The molecule has 0 saturated carbocycles. The lowest BCUT2D eigenvalue weighted by atomic mass is 9.93. The van der Waals surface area contributed by atoms with E-state index in [1.165, 1.54) is 76.4 Å². The number of hydrogen-bond acceptors (Lipinski definition) is 1. The van der Waals surface area contributed by atoms with Gasteiger partial charge in [-0.1, -0.05) is 146 Å². The summed E-state index contributed by atoms with van der Waals surface area (Å²) in [7, 11) is 0. The first kappa shape index (κ1) is 32.0. The number of para-hydroxylation sites is 2. The summed E-state index contributed by atoms with van der Waals surface area (Å²) in [5, 5.41) is 10.2. The van der Waals surface area contributed by atoms with Gasteiger partial charge in [0.1, 0.15) is 0 Å². The Morgan fingerprint density at radius 2 is 0.786 bits per heavy atom. The number of hydrogen-bond donors (Lipinski definition) is 0. The first-order valence-electron chi connectivity index (χ1n) is 19.3. The van der Waals surface area contributed by atoms with Crippen LogP contribution in [0, 0.1) is 0 Å². The number of nitrogens with zero attached hydrogens (tertiary/aromatic N) is 2. The topological polar surface area (TPSA) is 8.17 Å². The lowest BCUT2D eigenvalue weighted by Crippen LogP contribution is -2.09. The molecule has 0 aliphatic rings. The number of benzene rings is 10. The van der Waals surface area contributed by atoms with Crippen LogP contribution < -0.4 is 4.90 Å². The van der Waals surface area contributed by atoms with Crippen molar-refractivity contribution in [3.63, 3.8) is 0 Å². The quantitative estimate of drug-likeness (QED) is 0.156. The normalized spacial score (nSPS) is 11.6. The molecule has 0 atom stereocenters. The molecule has 0 amide bonds. The fourth-order valence-electron chi connectivity index (χ4n) is 8.65. The summed E-state index contributed by atoms with van der Waals surface area (Å²) in [5.74, 6) is 0. The van der Waals surface area contributed by atoms with Crippen molar-refractivity contribution in [3.05, 3.63) is 218 Å². The second-order valence-electron chi connectivity index (χ2n) is 14.6. The first-order valence-corrected chi connectivity index (χ1v) is 19.3. The van der Waals surface area contributed by atoms with Crippen LogP contribution in [0.15, 0.2) is 218 Å². The molecule has 10 aromatic carbocycles. The summed E-state index contributed by atoms with van der Waals surface area (Å²) >= 11 is 0. The van der Waals surface area contributed by atoms with Crippen molar-refractivity contribution in [1.82, 2.24) is 4.57 Å². The third-order valence-corrected chi connectivity index (χ3v) is 11.3. The molecular formula is C54H36N2. The van der Waals surface area contributed by atoms with E-state index in [1.54, 1.807) is 0 Å². The van der Waals surface area contributed by atoms with Crippen molar-refractivity contribution in [3.8, 4) is 27.9 Å². The average molecular weight is 713 g/mol. The molecule has 0 aliphatic carbocycles. The van der Waals surface area contributed by atoms with E-state index in [1.807, 2.05) is 0 Å². The van der Waals surface area contributed by atoms with Gasteiger partial charge in [0.25, 0.3) is 0 Å². The Morgan fingerprint density at radius 3 is 1.48 bits per heavy atom. The monoisotopic (exact) mass is 712 g/mol. The largest absolute Gasteiger partial charge is 0.311 e. The Bertz CT molecular complexity index is 3210. The van der Waals surface area contributed by atoms with Gasteiger partial charge in [0, 0.05) is 33.5 Å². The van der Waals surface area contributed by atoms with Gasteiger partial charge in [-0.2, -0.15) is 0 Å². The molecule has 1 heterocycles. The van der Waals surface area contributed by atoms with E-state index in [2.05, 4.69) is 228 Å². The molecule has 56 heavy (non-hydrogen) atoms. The Labute approximate surface area is 325 Å². The van der Waals surface area contributed by atoms with E-state index in [-0.39, 0.29) is 0 Å². The molecular weight excluding hydrogens is 677 g/mol. The van der Waals surface area contributed by atoms with E-state index in [0.717, 1.165) is 22.7 Å². The lowest BCUT2D eigenvalue weighted by molar-refractivity contribution is 1.18. The van der Waals surface area contributed by atoms with Crippen LogP contribution in [0.4, 0.5) is 17.1 Å². The van der Waals surface area contributed by atoms with Crippen molar-refractivity contribution < 1.29 is 0 Å². The minimum Gasteiger partial charge on any atom is -0.311 e. The Balaban J connectivity index is 0.936. The molecule has 262 valence electrons. The molecule has 0 radical (unpaired) electrons. The highest BCUT2D eigenvalue weighted by Gasteiger charge is 2.16. The van der Waals surface area contributed by atoms with E-state index in [0.29, 0.717) is 0 Å². The summed E-state index contributed by atoms with van der Waals surface area (Å²) in [5.41, 5.74) is 11.8. The molecule has 11 rings (SSSR count). The number of rotatable bonds is 6. The van der Waals surface area contributed by atoms with Gasteiger partial charge in [0.15, 0.2) is 0 Å². The summed E-state index contributed by atoms with van der Waals surface area (Å²) < 4.78 is 2.40. The van der Waals surface area contributed by atoms with E-state index >= 15 is 0 Å². The van der Waals surface area contributed by atoms with E-state index in [4.69, 9.17) is 0 Å². The van der Waals surface area contributed by atoms with Gasteiger partial charge in [-0.15, -0.1) is 0 Å². The van der Waals surface area contributed by atoms with Gasteiger partial charge in [-0.05, 0) is 127 Å². The maximum atomic E-state index is 2.40. The van der Waals surface area contributed by atoms with Crippen LogP contribution in [0.5, 0.6) is 0 Å². The molecule has 0 N–H and O–H groups in total. The highest BCUT2D eigenvalue weighted by Crippen LogP contribution is 2.40. The zero-order valence-corrected chi connectivity index (χ0v) is 30.7. The summed E-state index contributed by atoms with van der Waals surface area (Å²) in [4.78, 5) is 2.33. The van der Waals surface area contributed by atoms with Crippen molar-refractivity contribution >= 4 is 71.2 Å². The van der Waals surface area contributed by atoms with Crippen molar-refractivity contribution in [1.29, 1.82) is 0 Å². The maximum Gasteiger partial charge on any atom is 0.0547 e. The Morgan fingerprint density at radius 1 is 0.286 bits per heavy atom. The van der Waals surface area contributed by atoms with E-state index in [9.17, 15) is 0 Å². The molecule has 2 heteroatoms. The minimum absolute atomic E-state index is 1.11. The van der Waals surface area contributed by atoms with Crippen molar-refractivity contribution in [2.45, 2.75) is 0 Å². The van der Waals surface area contributed by atoms with Gasteiger partial charge in [0.2, 0.25) is 0 Å². The zero-order valence-electron chi connectivity index (χ0n) is 30.7. The number of aromatic nitrogens is 1. The number of fused-ring (bicyclic) bond motifs is 7. The van der Waals surface area contributed by atoms with Gasteiger partial charge >= 0.3 is 0 Å². The Kier molecular flexibility index (Phi) is 7.53. The van der Waals surface area contributed by atoms with Gasteiger partial charge < -0.3 is 9.47 Å². The van der Waals surface area contributed by atoms with Crippen LogP contribution in [-0.4, -0.2) is 4.57 Å². The van der Waals surface area contributed by atoms with Crippen molar-refractivity contribution in [2.75, 3.05) is 4.90 Å². The second kappa shape index (κ2) is 13.2. The highest BCUT2D eigenvalue weighted by molar-refractivity contribution is 6.15. The molecule has 1 aromatic heterocycles. The smallest absolute Gasteiger partial charge is 0.0547 e. The first-order chi connectivity index (χ1) is 27.8. The van der Waals surface area contributed by atoms with E-state index < -0.39 is 0 Å². The molecule has 0 bridgehead atoms. The van der Waals surface area contributed by atoms with Crippen LogP contribution in [0.1, 0.15) is 0 Å². The third-order valence-electron chi connectivity index (χ3n) is 11.3. The summed E-state index contributed by atoms with van der Waals surface area (Å²) in [6.45, 7) is 0. The van der Waals surface area contributed by atoms with Crippen molar-refractivity contribution in [2.24, 2.45) is 0 Å². The summed E-state index contributed by atoms with van der Waals surface area (Å²) in [6.07, 6.45) is 0. The third kappa shape index (κ3) is 5.34. The molecule has 0 unspecified atom stereocenters. The average Bonchev–Trinajstić information content (AvgIpc) is 3.59. The van der Waals surface area contributed by atoms with Gasteiger partial charge in [-0.25, -0.2) is 0 Å². The van der Waals surface area contributed by atoms with Gasteiger partial charge in [-0.3, -0.25) is 0 Å². The summed E-state index contributed by atoms with van der Waals surface area (Å²) in [6, 6.07) is 79.4. The fourth-order valence-corrected chi connectivity index (χ4v) is 8.65. The standard InChI is InChI=1S/C54H36N2/c1-2-15-43(16-3-1)55(45-32-26-39(27-33-45)51-35-42-14-6-7-17-47(42)48-18-8-9-19-49(48)51)44-28-22-37(23-29-44)38-24-30-46(31-25-38)56-53-21-11-10-20-50(53)52-34-40-12-4-5-13-41(40)36-54(52)56/h1-36H. The predicted octanol–water partition coefficient (Wildman–Crippen LogP) is 15.0. The number of anilines is 3. The second-order valence-corrected chi connectivity index (χ2v) is 14.6. The zero-order chi connectivity index (χ0) is 37.0. The fraction of sp³-hybridized carbons (Fsp3) is 0. The minimum atomic E-state index is 1.11. The van der Waals surface area contributed by atoms with Crippen LogP contribution in [-0.2, 0) is 0 Å². The Hall–Kier alpha value is -7.42. The molecule has 11 aromatic rings. The highest BCUT2D eigenvalue weighted by atomic mass is 15.1. The molecule has 0 spiro atoms. The molecule has 0 saturated heterocycles. The van der Waals surface area contributed by atoms with Crippen LogP contribution in [0.3, 0.4) is 0 Å². The lowest BCUT2D eigenvalue weighted by Gasteiger charge is -2.26. The molecule has 0 fully saturated rings. The van der Waals surface area contributed by atoms with Gasteiger partial charge in [0.05, 0.1) is 11.0 Å². The molecule has 2 nitrogen and oxygen atoms in total. The van der Waals surface area contributed by atoms with Crippen LogP contribution >= 0.6 is 0 Å². The maximum absolute atomic E-state index is 2.40. The van der Waals surface area contributed by atoms with Crippen LogP contribution in [0.25, 0.3) is 82.1 Å². The van der Waals surface area contributed by atoms with Crippen LogP contribution in [0.2, 0.25) is 0 Å².